The molecule has 1 N–H and O–H groups in total. The summed E-state index contributed by atoms with van der Waals surface area (Å²) < 4.78 is 7.09. The van der Waals surface area contributed by atoms with Gasteiger partial charge in [0.05, 0.1) is 52.0 Å². The highest BCUT2D eigenvalue weighted by Crippen LogP contribution is 2.23. The maximum Gasteiger partial charge on any atom is 0.295 e. The second kappa shape index (κ2) is 8.34. The van der Waals surface area contributed by atoms with Crippen molar-refractivity contribution in [3.63, 3.8) is 0 Å². The molecule has 2 aromatic rings. The van der Waals surface area contributed by atoms with Crippen LogP contribution in [0.1, 0.15) is 10.4 Å². The molecule has 1 aromatic heterocycles. The minimum Gasteiger partial charge on any atom is -0.378 e. The van der Waals surface area contributed by atoms with Crippen molar-refractivity contribution >= 4 is 28.5 Å². The van der Waals surface area contributed by atoms with Gasteiger partial charge in [0.2, 0.25) is 5.91 Å². The molecule has 4 rings (SSSR count). The van der Waals surface area contributed by atoms with E-state index in [1.54, 1.807) is 20.6 Å². The molecular weight excluding hydrogens is 372 g/mol. The highest BCUT2D eigenvalue weighted by molar-refractivity contribution is 6.44. The molecule has 0 saturated carbocycles. The van der Waals surface area contributed by atoms with E-state index in [9.17, 15) is 14.4 Å². The number of quaternary nitrogens is 1. The quantitative estimate of drug-likeness (QED) is 0.531. The van der Waals surface area contributed by atoms with E-state index >= 15 is 0 Å². The predicted molar refractivity (Wildman–Crippen MR) is 107 cm³/mol. The fourth-order valence-corrected chi connectivity index (χ4v) is 3.97. The Balaban J connectivity index is 1.57. The van der Waals surface area contributed by atoms with Crippen LogP contribution in [-0.2, 0) is 20.9 Å². The van der Waals surface area contributed by atoms with E-state index in [-0.39, 0.29) is 12.5 Å². The summed E-state index contributed by atoms with van der Waals surface area (Å²) in [5.74, 6) is -0.973. The number of nitrogens with one attached hydrogen (secondary N) is 1. The second-order valence-corrected chi connectivity index (χ2v) is 7.76. The summed E-state index contributed by atoms with van der Waals surface area (Å²) in [7, 11) is 2.09. The molecule has 3 heterocycles. The maximum atomic E-state index is 13.0. The standard InChI is InChI=1S/C21H26N4O4/c1-22-6-8-24(9-7-22)21(28)20(27)17-14-25(18-5-3-2-4-16(17)18)15-19(26)23-10-12-29-13-11-23/h2-5,14H,6-13,15H2,1H3/p+1. The first kappa shape index (κ1) is 19.6. The lowest BCUT2D eigenvalue weighted by Gasteiger charge is -2.29. The normalized spacial score (nSPS) is 18.2. The average molecular weight is 399 g/mol. The Kier molecular flexibility index (Phi) is 5.64. The van der Waals surface area contributed by atoms with Crippen LogP contribution >= 0.6 is 0 Å². The molecule has 8 heteroatoms. The number of aromatic nitrogens is 1. The minimum atomic E-state index is -0.502. The number of carbonyl (C=O) groups is 3. The summed E-state index contributed by atoms with van der Waals surface area (Å²) in [6.45, 7) is 5.24. The van der Waals surface area contributed by atoms with E-state index in [1.165, 1.54) is 4.90 Å². The number of nitrogens with zero attached hydrogens (tertiary/aromatic N) is 3. The summed E-state index contributed by atoms with van der Waals surface area (Å²) >= 11 is 0. The zero-order valence-electron chi connectivity index (χ0n) is 16.7. The molecule has 0 aliphatic carbocycles. The Labute approximate surface area is 169 Å². The van der Waals surface area contributed by atoms with Crippen LogP contribution in [0.25, 0.3) is 10.9 Å². The molecule has 2 saturated heterocycles. The molecule has 2 fully saturated rings. The van der Waals surface area contributed by atoms with Gasteiger partial charge in [0.15, 0.2) is 0 Å². The van der Waals surface area contributed by atoms with Crippen LogP contribution in [0.15, 0.2) is 30.5 Å². The van der Waals surface area contributed by atoms with Crippen molar-refractivity contribution in [3.05, 3.63) is 36.0 Å². The van der Waals surface area contributed by atoms with Crippen LogP contribution in [0.3, 0.4) is 0 Å². The number of ketones is 1. The van der Waals surface area contributed by atoms with E-state index < -0.39 is 11.7 Å². The van der Waals surface area contributed by atoms with Gasteiger partial charge in [-0.25, -0.2) is 0 Å². The predicted octanol–water partition coefficient (Wildman–Crippen LogP) is -0.960. The molecule has 2 aliphatic rings. The number of hydrogen-bond donors (Lipinski definition) is 1. The summed E-state index contributed by atoms with van der Waals surface area (Å²) in [5.41, 5.74) is 1.15. The van der Waals surface area contributed by atoms with Gasteiger partial charge in [0.1, 0.15) is 6.54 Å². The molecule has 0 bridgehead atoms. The Hall–Kier alpha value is -2.71. The Morgan fingerprint density at radius 3 is 2.41 bits per heavy atom. The number of rotatable bonds is 4. The smallest absolute Gasteiger partial charge is 0.295 e. The Morgan fingerprint density at radius 2 is 1.69 bits per heavy atom. The fraction of sp³-hybridized carbons (Fsp3) is 0.476. The highest BCUT2D eigenvalue weighted by atomic mass is 16.5. The van der Waals surface area contributed by atoms with Crippen molar-refractivity contribution in [2.75, 3.05) is 59.5 Å². The van der Waals surface area contributed by atoms with E-state index in [4.69, 9.17) is 4.74 Å². The molecule has 0 spiro atoms. The van der Waals surface area contributed by atoms with Crippen LogP contribution < -0.4 is 4.90 Å². The molecule has 29 heavy (non-hydrogen) atoms. The first-order valence-electron chi connectivity index (χ1n) is 10.1. The zero-order chi connectivity index (χ0) is 20.4. The van der Waals surface area contributed by atoms with Crippen molar-refractivity contribution in [2.45, 2.75) is 6.54 Å². The number of morpholine rings is 1. The number of amides is 2. The summed E-state index contributed by atoms with van der Waals surface area (Å²) in [5, 5.41) is 0.709. The van der Waals surface area contributed by atoms with Crippen LogP contribution in [-0.4, -0.2) is 91.5 Å². The molecular formula is C21H27N4O4+. The van der Waals surface area contributed by atoms with Crippen molar-refractivity contribution < 1.29 is 24.0 Å². The van der Waals surface area contributed by atoms with E-state index in [0.29, 0.717) is 50.3 Å². The number of fused-ring (bicyclic) bond motifs is 1. The van der Waals surface area contributed by atoms with E-state index in [0.717, 1.165) is 18.6 Å². The van der Waals surface area contributed by atoms with Crippen molar-refractivity contribution in [1.82, 2.24) is 14.4 Å². The molecule has 1 aromatic carbocycles. The van der Waals surface area contributed by atoms with Crippen LogP contribution in [0.5, 0.6) is 0 Å². The van der Waals surface area contributed by atoms with Gasteiger partial charge in [-0.15, -0.1) is 0 Å². The number of ether oxygens (including phenoxy) is 1. The second-order valence-electron chi connectivity index (χ2n) is 7.76. The van der Waals surface area contributed by atoms with E-state index in [2.05, 4.69) is 7.05 Å². The average Bonchev–Trinajstić information content (AvgIpc) is 3.12. The first-order valence-corrected chi connectivity index (χ1v) is 10.1. The molecule has 0 unspecified atom stereocenters. The van der Waals surface area contributed by atoms with Gasteiger partial charge in [-0.05, 0) is 6.07 Å². The van der Waals surface area contributed by atoms with Crippen LogP contribution in [0, 0.1) is 0 Å². The van der Waals surface area contributed by atoms with Gasteiger partial charge in [0, 0.05) is 30.2 Å². The summed E-state index contributed by atoms with van der Waals surface area (Å²) in [4.78, 5) is 43.3. The summed E-state index contributed by atoms with van der Waals surface area (Å²) in [6.07, 6.45) is 1.66. The lowest BCUT2D eigenvalue weighted by Crippen LogP contribution is -3.12. The number of Topliss-reactive ketones (excluding diaryl/α,β-unsaturated/α-hetero) is 1. The van der Waals surface area contributed by atoms with Gasteiger partial charge in [-0.3, -0.25) is 14.4 Å². The number of para-hydroxylation sites is 1. The molecule has 2 aliphatic heterocycles. The number of hydrogen-bond acceptors (Lipinski definition) is 4. The molecule has 8 nitrogen and oxygen atoms in total. The minimum absolute atomic E-state index is 0.0126. The van der Waals surface area contributed by atoms with E-state index in [1.807, 2.05) is 24.3 Å². The monoisotopic (exact) mass is 399 g/mol. The van der Waals surface area contributed by atoms with Gasteiger partial charge in [-0.2, -0.15) is 0 Å². The summed E-state index contributed by atoms with van der Waals surface area (Å²) in [6, 6.07) is 7.43. The number of benzene rings is 1. The third-order valence-corrected chi connectivity index (χ3v) is 5.80. The molecule has 154 valence electrons. The van der Waals surface area contributed by atoms with Crippen LogP contribution in [0.4, 0.5) is 0 Å². The van der Waals surface area contributed by atoms with Crippen molar-refractivity contribution in [3.8, 4) is 0 Å². The highest BCUT2D eigenvalue weighted by Gasteiger charge is 2.29. The lowest BCUT2D eigenvalue weighted by atomic mass is 10.1. The number of piperazine rings is 1. The van der Waals surface area contributed by atoms with Gasteiger partial charge < -0.3 is 24.0 Å². The maximum absolute atomic E-state index is 13.0. The van der Waals surface area contributed by atoms with Gasteiger partial charge >= 0.3 is 0 Å². The molecule has 2 amide bonds. The topological polar surface area (TPSA) is 76.3 Å². The largest absolute Gasteiger partial charge is 0.378 e. The van der Waals surface area contributed by atoms with Gasteiger partial charge in [-0.1, -0.05) is 18.2 Å². The third-order valence-electron chi connectivity index (χ3n) is 5.80. The number of likely N-dealkylation sites (N-methyl/N-ethyl adjacent to an activating group) is 1. The Bertz CT molecular complexity index is 924. The van der Waals surface area contributed by atoms with Crippen molar-refractivity contribution in [2.24, 2.45) is 0 Å². The zero-order valence-corrected chi connectivity index (χ0v) is 16.7. The Morgan fingerprint density at radius 1 is 1.00 bits per heavy atom. The third kappa shape index (κ3) is 4.04. The fourth-order valence-electron chi connectivity index (χ4n) is 3.97. The molecule has 0 radical (unpaired) electrons. The molecule has 0 atom stereocenters. The van der Waals surface area contributed by atoms with Crippen molar-refractivity contribution in [1.29, 1.82) is 0 Å². The lowest BCUT2D eigenvalue weighted by molar-refractivity contribution is -0.883. The first-order chi connectivity index (χ1) is 14.0. The van der Waals surface area contributed by atoms with Gasteiger partial charge in [0.25, 0.3) is 11.7 Å². The number of carbonyl (C=O) groups excluding carboxylic acids is 3. The SMILES string of the molecule is C[NH+]1CCN(C(=O)C(=O)c2cn(CC(=O)N3CCOCC3)c3ccccc23)CC1. The van der Waals surface area contributed by atoms with Crippen LogP contribution in [0.2, 0.25) is 0 Å².